The van der Waals surface area contributed by atoms with Crippen LogP contribution in [0, 0.1) is 0 Å². The van der Waals surface area contributed by atoms with E-state index >= 15 is 4.21 Å². The van der Waals surface area contributed by atoms with Crippen molar-refractivity contribution < 1.29 is 18.5 Å². The number of nitrogens with one attached hydrogen (secondary N) is 2. The monoisotopic (exact) mass is 520 g/mol. The summed E-state index contributed by atoms with van der Waals surface area (Å²) in [7, 11) is -3.84. The van der Waals surface area contributed by atoms with E-state index in [0.717, 1.165) is 45.0 Å². The zero-order valence-electron chi connectivity index (χ0n) is 21.1. The number of hydrogen-bond acceptors (Lipinski definition) is 8. The van der Waals surface area contributed by atoms with Gasteiger partial charge in [0.25, 0.3) is 0 Å². The lowest BCUT2D eigenvalue weighted by Gasteiger charge is -2.69. The Morgan fingerprint density at radius 3 is 2.18 bits per heavy atom. The molecule has 2 unspecified atom stereocenters. The number of piperazine rings is 2. The van der Waals surface area contributed by atoms with Crippen LogP contribution in [0.15, 0.2) is 0 Å². The molecule has 4 rings (SSSR count). The third kappa shape index (κ3) is 4.16. The van der Waals surface area contributed by atoms with Gasteiger partial charge in [-0.2, -0.15) is 16.1 Å². The molecular weight excluding hydrogens is 476 g/mol. The van der Waals surface area contributed by atoms with Crippen molar-refractivity contribution in [3.8, 4) is 0 Å². The highest BCUT2D eigenvalue weighted by atomic mass is 32.3. The molecule has 0 aromatic heterocycles. The summed E-state index contributed by atoms with van der Waals surface area (Å²) in [5.74, 6) is 1.02. The molecule has 0 spiro atoms. The topological polar surface area (TPSA) is 89.6 Å². The molecule has 0 aromatic rings. The first-order chi connectivity index (χ1) is 16.4. The third-order valence-corrected chi connectivity index (χ3v) is 14.2. The van der Waals surface area contributed by atoms with Gasteiger partial charge >= 0.3 is 5.97 Å². The molecule has 34 heavy (non-hydrogen) atoms. The highest BCUT2D eigenvalue weighted by Crippen LogP contribution is 2.50. The number of thioether (sulfide) groups is 1. The molecular formula is C22H44N6O4S2. The van der Waals surface area contributed by atoms with Gasteiger partial charge in [-0.1, -0.05) is 6.92 Å². The molecule has 0 radical (unpaired) electrons. The first kappa shape index (κ1) is 26.7. The fraction of sp³-hybridized carbons (Fsp3) is 0.955. The standard InChI is InChI=1S/C22H44N6O4S2/c1-4-32-21(29)22(25-10-6-23-7-11-25)20(3)33-19-16-28(22)34(30,5-2,26-12-8-24-9-13-26)27-14-17-31-18-15-27/h20,23-24H,4-19H2,1-3H3. The number of rotatable bonds is 7. The van der Waals surface area contributed by atoms with E-state index in [1.54, 1.807) is 11.8 Å². The van der Waals surface area contributed by atoms with Crippen LogP contribution in [0.4, 0.5) is 0 Å². The smallest absolute Gasteiger partial charge is 0.343 e. The number of carbonyl (C=O) groups is 1. The molecule has 198 valence electrons. The molecule has 4 aliphatic rings. The second-order valence-electron chi connectivity index (χ2n) is 9.28. The van der Waals surface area contributed by atoms with Gasteiger partial charge in [0.15, 0.2) is 5.66 Å². The Morgan fingerprint density at radius 2 is 1.59 bits per heavy atom. The van der Waals surface area contributed by atoms with Gasteiger partial charge < -0.3 is 20.1 Å². The fourth-order valence-corrected chi connectivity index (χ4v) is 12.7. The Kier molecular flexibility index (Phi) is 8.63. The number of hydrogen-bond donors (Lipinski definition) is 2. The summed E-state index contributed by atoms with van der Waals surface area (Å²) in [5, 5.41) is 6.77. The zero-order chi connectivity index (χ0) is 24.3. The summed E-state index contributed by atoms with van der Waals surface area (Å²) in [6, 6.07) is 0. The van der Waals surface area contributed by atoms with Gasteiger partial charge in [-0.25, -0.2) is 17.6 Å². The summed E-state index contributed by atoms with van der Waals surface area (Å²) < 4.78 is 34.5. The van der Waals surface area contributed by atoms with E-state index in [4.69, 9.17) is 9.47 Å². The summed E-state index contributed by atoms with van der Waals surface area (Å²) in [4.78, 5) is 16.4. The SMILES string of the molecule is CCOC(=O)C1(N2CCNCC2)C(C)SCCN1S(=O)(CC)(N1CCNCC1)N1CCOCC1. The maximum atomic E-state index is 16.4. The fourth-order valence-electron chi connectivity index (χ4n) is 6.21. The molecule has 2 atom stereocenters. The minimum absolute atomic E-state index is 0.0849. The minimum Gasteiger partial charge on any atom is -0.464 e. The molecule has 4 fully saturated rings. The normalized spacial score (nSPS) is 32.7. The van der Waals surface area contributed by atoms with Crippen molar-refractivity contribution in [2.75, 3.05) is 103 Å². The Morgan fingerprint density at radius 1 is 1.00 bits per heavy atom. The van der Waals surface area contributed by atoms with Gasteiger partial charge in [0.2, 0.25) is 0 Å². The highest BCUT2D eigenvalue weighted by molar-refractivity contribution is 8.14. The molecule has 0 aliphatic carbocycles. The second-order valence-corrected chi connectivity index (χ2v) is 14.7. The number of ether oxygens (including phenoxy) is 2. The van der Waals surface area contributed by atoms with E-state index < -0.39 is 15.3 Å². The second kappa shape index (κ2) is 11.0. The van der Waals surface area contributed by atoms with Crippen LogP contribution in [0.1, 0.15) is 20.8 Å². The molecule has 4 saturated heterocycles. The molecule has 0 aromatic carbocycles. The van der Waals surface area contributed by atoms with Crippen LogP contribution >= 0.6 is 11.8 Å². The Balaban J connectivity index is 1.94. The maximum Gasteiger partial charge on any atom is 0.343 e. The van der Waals surface area contributed by atoms with Crippen LogP contribution in [0.3, 0.4) is 0 Å². The lowest BCUT2D eigenvalue weighted by molar-refractivity contribution is -0.170. The minimum atomic E-state index is -3.84. The quantitative estimate of drug-likeness (QED) is 0.431. The van der Waals surface area contributed by atoms with Crippen molar-refractivity contribution in [1.82, 2.24) is 28.4 Å². The van der Waals surface area contributed by atoms with Gasteiger partial charge in [0, 0.05) is 88.7 Å². The number of esters is 1. The van der Waals surface area contributed by atoms with Crippen LogP contribution in [0.25, 0.3) is 0 Å². The van der Waals surface area contributed by atoms with Crippen molar-refractivity contribution in [2.45, 2.75) is 31.7 Å². The van der Waals surface area contributed by atoms with E-state index in [-0.39, 0.29) is 11.2 Å². The maximum absolute atomic E-state index is 16.4. The Hall–Kier alpha value is -0.310. The Bertz CT molecular complexity index is 748. The van der Waals surface area contributed by atoms with Crippen molar-refractivity contribution in [1.29, 1.82) is 0 Å². The van der Waals surface area contributed by atoms with Crippen molar-refractivity contribution in [2.24, 2.45) is 0 Å². The van der Waals surface area contributed by atoms with Gasteiger partial charge in [-0.3, -0.25) is 4.90 Å². The molecule has 0 bridgehead atoms. The van der Waals surface area contributed by atoms with Crippen LogP contribution in [0.5, 0.6) is 0 Å². The average Bonchev–Trinajstić information content (AvgIpc) is 2.90. The average molecular weight is 521 g/mol. The van der Waals surface area contributed by atoms with E-state index in [1.165, 1.54) is 0 Å². The van der Waals surface area contributed by atoms with E-state index in [0.29, 0.717) is 58.3 Å². The van der Waals surface area contributed by atoms with Gasteiger partial charge in [0.05, 0.1) is 29.4 Å². The van der Waals surface area contributed by atoms with Crippen molar-refractivity contribution in [3.63, 3.8) is 0 Å². The molecule has 4 heterocycles. The molecule has 0 amide bonds. The van der Waals surface area contributed by atoms with Crippen LogP contribution in [-0.2, 0) is 23.9 Å². The molecule has 10 nitrogen and oxygen atoms in total. The van der Waals surface area contributed by atoms with Crippen molar-refractivity contribution in [3.05, 3.63) is 0 Å². The predicted molar refractivity (Wildman–Crippen MR) is 138 cm³/mol. The molecule has 2 N–H and O–H groups in total. The first-order valence-corrected chi connectivity index (χ1v) is 16.0. The predicted octanol–water partition coefficient (Wildman–Crippen LogP) is -0.589. The number of nitrogens with zero attached hydrogens (tertiary/aromatic N) is 4. The van der Waals surface area contributed by atoms with Crippen LogP contribution in [-0.4, -0.2) is 142 Å². The summed E-state index contributed by atoms with van der Waals surface area (Å²) in [6.45, 7) is 15.2. The number of morpholine rings is 1. The van der Waals surface area contributed by atoms with E-state index in [1.807, 2.05) is 13.8 Å². The van der Waals surface area contributed by atoms with Gasteiger partial charge in [-0.05, 0) is 13.8 Å². The van der Waals surface area contributed by atoms with Gasteiger partial charge in [0.1, 0.15) is 0 Å². The van der Waals surface area contributed by atoms with Crippen LogP contribution in [0.2, 0.25) is 0 Å². The first-order valence-electron chi connectivity index (χ1n) is 12.9. The zero-order valence-corrected chi connectivity index (χ0v) is 22.8. The summed E-state index contributed by atoms with van der Waals surface area (Å²) in [5.41, 5.74) is -1.09. The molecule has 4 aliphatic heterocycles. The van der Waals surface area contributed by atoms with Crippen LogP contribution < -0.4 is 10.6 Å². The van der Waals surface area contributed by atoms with Gasteiger partial charge in [-0.15, -0.1) is 0 Å². The largest absolute Gasteiger partial charge is 0.464 e. The summed E-state index contributed by atoms with van der Waals surface area (Å²) in [6.07, 6.45) is 0. The highest BCUT2D eigenvalue weighted by Gasteiger charge is 2.67. The van der Waals surface area contributed by atoms with E-state index in [9.17, 15) is 4.79 Å². The molecule has 12 heteroatoms. The Labute approximate surface area is 209 Å². The molecule has 0 saturated carbocycles. The lowest BCUT2D eigenvalue weighted by Crippen LogP contribution is -2.85. The lowest BCUT2D eigenvalue weighted by atomic mass is 10.0. The number of carbonyl (C=O) groups excluding carboxylic acids is 1. The van der Waals surface area contributed by atoms with E-state index in [2.05, 4.69) is 35.4 Å². The third-order valence-electron chi connectivity index (χ3n) is 7.82. The van der Waals surface area contributed by atoms with Crippen molar-refractivity contribution >= 4 is 27.4 Å². The summed E-state index contributed by atoms with van der Waals surface area (Å²) >= 11 is 1.80.